The van der Waals surface area contributed by atoms with Crippen LogP contribution in [0.25, 0.3) is 21.8 Å². The summed E-state index contributed by atoms with van der Waals surface area (Å²) in [6, 6.07) is 24.7. The molecule has 3 aromatic carbocycles. The molecule has 0 atom stereocenters. The van der Waals surface area contributed by atoms with Crippen molar-refractivity contribution in [2.45, 2.75) is 18.8 Å². The van der Waals surface area contributed by atoms with Crippen LogP contribution in [-0.2, 0) is 22.4 Å². The minimum Gasteiger partial charge on any atom is -0.478 e. The van der Waals surface area contributed by atoms with Gasteiger partial charge in [0.15, 0.2) is 11.6 Å². The molecule has 0 fully saturated rings. The van der Waals surface area contributed by atoms with Gasteiger partial charge in [-0.25, -0.2) is 4.79 Å². The Morgan fingerprint density at radius 3 is 1.58 bits per heavy atom. The standard InChI is InChI=1S/C30H22N2O4/c33-25(17-23-7-1-5-20-9-3-15-31-28(20)23)27(19-11-13-22(14-12-19)30(35)36)26(34)18-24-8-2-6-21-10-4-16-32-29(21)24/h1-16,27H,17-18H2,(H,35,36). The molecule has 0 aliphatic heterocycles. The quantitative estimate of drug-likeness (QED) is 0.311. The molecular weight excluding hydrogens is 452 g/mol. The summed E-state index contributed by atoms with van der Waals surface area (Å²) >= 11 is 0. The molecule has 6 nitrogen and oxygen atoms in total. The van der Waals surface area contributed by atoms with Crippen molar-refractivity contribution < 1.29 is 19.5 Å². The Hall–Kier alpha value is -4.71. The highest BCUT2D eigenvalue weighted by Crippen LogP contribution is 2.26. The van der Waals surface area contributed by atoms with E-state index in [4.69, 9.17) is 0 Å². The summed E-state index contributed by atoms with van der Waals surface area (Å²) in [6.45, 7) is 0. The number of benzene rings is 3. The smallest absolute Gasteiger partial charge is 0.335 e. The van der Waals surface area contributed by atoms with Crippen molar-refractivity contribution in [1.29, 1.82) is 0 Å². The fraction of sp³-hybridized carbons (Fsp3) is 0.100. The van der Waals surface area contributed by atoms with E-state index in [1.807, 2.05) is 60.7 Å². The van der Waals surface area contributed by atoms with E-state index in [-0.39, 0.29) is 30.0 Å². The number of carbonyl (C=O) groups is 3. The van der Waals surface area contributed by atoms with Crippen molar-refractivity contribution in [3.63, 3.8) is 0 Å². The maximum Gasteiger partial charge on any atom is 0.335 e. The first-order valence-corrected chi connectivity index (χ1v) is 11.5. The summed E-state index contributed by atoms with van der Waals surface area (Å²) < 4.78 is 0. The summed E-state index contributed by atoms with van der Waals surface area (Å²) in [5.74, 6) is -2.66. The highest BCUT2D eigenvalue weighted by molar-refractivity contribution is 6.10. The zero-order chi connectivity index (χ0) is 25.1. The van der Waals surface area contributed by atoms with Crippen molar-refractivity contribution in [3.05, 3.63) is 120 Å². The van der Waals surface area contributed by atoms with Gasteiger partial charge in [0.25, 0.3) is 0 Å². The van der Waals surface area contributed by atoms with E-state index in [9.17, 15) is 19.5 Å². The van der Waals surface area contributed by atoms with E-state index < -0.39 is 11.9 Å². The maximum atomic E-state index is 13.7. The number of aromatic carboxylic acids is 1. The summed E-state index contributed by atoms with van der Waals surface area (Å²) in [5, 5.41) is 11.1. The van der Waals surface area contributed by atoms with Crippen LogP contribution in [0.5, 0.6) is 0 Å². The van der Waals surface area contributed by atoms with Gasteiger partial charge in [-0.05, 0) is 41.0 Å². The molecule has 36 heavy (non-hydrogen) atoms. The van der Waals surface area contributed by atoms with Gasteiger partial charge in [0.1, 0.15) is 5.92 Å². The minimum absolute atomic E-state index is 0.0270. The summed E-state index contributed by atoms with van der Waals surface area (Å²) in [7, 11) is 0. The molecule has 0 amide bonds. The number of hydrogen-bond acceptors (Lipinski definition) is 5. The highest BCUT2D eigenvalue weighted by atomic mass is 16.4. The Kier molecular flexibility index (Phi) is 6.33. The first kappa shape index (κ1) is 23.1. The van der Waals surface area contributed by atoms with Crippen LogP contribution >= 0.6 is 0 Å². The molecule has 5 rings (SSSR count). The van der Waals surface area contributed by atoms with Crippen molar-refractivity contribution in [1.82, 2.24) is 9.97 Å². The van der Waals surface area contributed by atoms with Crippen LogP contribution in [0.2, 0.25) is 0 Å². The lowest BCUT2D eigenvalue weighted by Gasteiger charge is -2.17. The number of aromatic nitrogens is 2. The average Bonchev–Trinajstić information content (AvgIpc) is 2.89. The molecule has 0 saturated carbocycles. The summed E-state index contributed by atoms with van der Waals surface area (Å²) in [4.78, 5) is 47.6. The predicted octanol–water partition coefficient (Wildman–Crippen LogP) is 5.19. The summed E-state index contributed by atoms with van der Waals surface area (Å²) in [5.41, 5.74) is 3.48. The number of carboxylic acid groups (broad SMARTS) is 1. The van der Waals surface area contributed by atoms with Gasteiger partial charge < -0.3 is 5.11 Å². The maximum absolute atomic E-state index is 13.7. The number of carbonyl (C=O) groups excluding carboxylic acids is 2. The van der Waals surface area contributed by atoms with Crippen LogP contribution in [0.3, 0.4) is 0 Å². The lowest BCUT2D eigenvalue weighted by atomic mass is 9.84. The van der Waals surface area contributed by atoms with Gasteiger partial charge in [-0.2, -0.15) is 0 Å². The number of hydrogen-bond donors (Lipinski definition) is 1. The number of nitrogens with zero attached hydrogens (tertiary/aromatic N) is 2. The third kappa shape index (κ3) is 4.61. The normalized spacial score (nSPS) is 11.1. The van der Waals surface area contributed by atoms with Crippen molar-refractivity contribution in [3.8, 4) is 0 Å². The third-order valence-electron chi connectivity index (χ3n) is 6.30. The molecule has 5 aromatic rings. The lowest BCUT2D eigenvalue weighted by Crippen LogP contribution is -2.25. The molecule has 0 unspecified atom stereocenters. The van der Waals surface area contributed by atoms with E-state index in [1.165, 1.54) is 12.1 Å². The Labute approximate surface area is 207 Å². The van der Waals surface area contributed by atoms with Crippen molar-refractivity contribution in [2.75, 3.05) is 0 Å². The molecule has 2 aromatic heterocycles. The zero-order valence-corrected chi connectivity index (χ0v) is 19.3. The van der Waals surface area contributed by atoms with Gasteiger partial charge in [0.2, 0.25) is 0 Å². The van der Waals surface area contributed by atoms with Gasteiger partial charge in [-0.1, -0.05) is 60.7 Å². The van der Waals surface area contributed by atoms with Crippen LogP contribution in [0.15, 0.2) is 97.3 Å². The highest BCUT2D eigenvalue weighted by Gasteiger charge is 2.29. The van der Waals surface area contributed by atoms with Crippen molar-refractivity contribution >= 4 is 39.3 Å². The van der Waals surface area contributed by atoms with Gasteiger partial charge in [-0.15, -0.1) is 0 Å². The topological polar surface area (TPSA) is 97.2 Å². The second-order valence-corrected chi connectivity index (χ2v) is 8.63. The molecular formula is C30H22N2O4. The Morgan fingerprint density at radius 2 is 1.11 bits per heavy atom. The molecule has 0 aliphatic carbocycles. The van der Waals surface area contributed by atoms with Crippen LogP contribution < -0.4 is 0 Å². The fourth-order valence-electron chi connectivity index (χ4n) is 4.57. The van der Waals surface area contributed by atoms with Crippen LogP contribution in [0.1, 0.15) is 33.0 Å². The van der Waals surface area contributed by atoms with Crippen LogP contribution in [0.4, 0.5) is 0 Å². The van der Waals surface area contributed by atoms with Gasteiger partial charge in [-0.3, -0.25) is 19.6 Å². The predicted molar refractivity (Wildman–Crippen MR) is 137 cm³/mol. The van der Waals surface area contributed by atoms with Crippen LogP contribution in [-0.4, -0.2) is 32.6 Å². The van der Waals surface area contributed by atoms with Gasteiger partial charge in [0.05, 0.1) is 16.6 Å². The first-order chi connectivity index (χ1) is 17.5. The number of para-hydroxylation sites is 2. The molecule has 1 N–H and O–H groups in total. The second kappa shape index (κ2) is 9.88. The molecule has 0 radical (unpaired) electrons. The van der Waals surface area contributed by atoms with E-state index in [2.05, 4.69) is 9.97 Å². The molecule has 2 heterocycles. The number of rotatable bonds is 8. The van der Waals surface area contributed by atoms with Crippen LogP contribution in [0, 0.1) is 0 Å². The largest absolute Gasteiger partial charge is 0.478 e. The monoisotopic (exact) mass is 474 g/mol. The van der Waals surface area contributed by atoms with Gasteiger partial charge >= 0.3 is 5.97 Å². The number of ketones is 2. The lowest BCUT2D eigenvalue weighted by molar-refractivity contribution is -0.128. The van der Waals surface area contributed by atoms with E-state index in [1.54, 1.807) is 24.5 Å². The number of pyridine rings is 2. The fourth-order valence-corrected chi connectivity index (χ4v) is 4.57. The minimum atomic E-state index is -1.07. The van der Waals surface area contributed by atoms with Gasteiger partial charge in [0, 0.05) is 36.0 Å². The average molecular weight is 475 g/mol. The molecule has 6 heteroatoms. The Bertz CT molecular complexity index is 1510. The molecule has 0 bridgehead atoms. The van der Waals surface area contributed by atoms with Crippen molar-refractivity contribution in [2.24, 2.45) is 0 Å². The second-order valence-electron chi connectivity index (χ2n) is 8.63. The van der Waals surface area contributed by atoms with E-state index in [0.717, 1.165) is 32.9 Å². The van der Waals surface area contributed by atoms with E-state index >= 15 is 0 Å². The number of fused-ring (bicyclic) bond motifs is 2. The Morgan fingerprint density at radius 1 is 0.639 bits per heavy atom. The molecule has 0 saturated heterocycles. The third-order valence-corrected chi connectivity index (χ3v) is 6.30. The molecule has 0 aliphatic rings. The summed E-state index contributed by atoms with van der Waals surface area (Å²) in [6.07, 6.45) is 3.41. The Balaban J connectivity index is 1.51. The number of carboxylic acids is 1. The van der Waals surface area contributed by atoms with E-state index in [0.29, 0.717) is 5.56 Å². The SMILES string of the molecule is O=C(O)c1ccc(C(C(=O)Cc2cccc3cccnc23)C(=O)Cc2cccc3cccnc23)cc1. The number of Topliss-reactive ketones (excluding diaryl/α,β-unsaturated/α-hetero) is 2. The molecule has 0 spiro atoms. The zero-order valence-electron chi connectivity index (χ0n) is 19.3. The molecule has 176 valence electrons. The first-order valence-electron chi connectivity index (χ1n) is 11.5.